The van der Waals surface area contributed by atoms with Crippen LogP contribution < -0.4 is 0 Å². The molecule has 0 amide bonds. The van der Waals surface area contributed by atoms with Crippen LogP contribution in [0.15, 0.2) is 97.2 Å². The molecule has 70 heavy (non-hydrogen) atoms. The van der Waals surface area contributed by atoms with Gasteiger partial charge in [0, 0.05) is 19.3 Å². The Hall–Kier alpha value is -3.67. The number of esters is 3. The van der Waals surface area contributed by atoms with Gasteiger partial charge in [-0.1, -0.05) is 234 Å². The van der Waals surface area contributed by atoms with Crippen LogP contribution in [0, 0.1) is 0 Å². The summed E-state index contributed by atoms with van der Waals surface area (Å²) in [7, 11) is 0. The first kappa shape index (κ1) is 66.3. The molecule has 0 saturated heterocycles. The minimum Gasteiger partial charge on any atom is -0.462 e. The zero-order chi connectivity index (χ0) is 50.7. The van der Waals surface area contributed by atoms with Gasteiger partial charge in [-0.2, -0.15) is 0 Å². The van der Waals surface area contributed by atoms with Crippen LogP contribution in [0.2, 0.25) is 0 Å². The van der Waals surface area contributed by atoms with Gasteiger partial charge >= 0.3 is 17.9 Å². The monoisotopic (exact) mass is 973 g/mol. The minimum atomic E-state index is -0.788. The fourth-order valence-electron chi connectivity index (χ4n) is 7.91. The van der Waals surface area contributed by atoms with E-state index in [9.17, 15) is 14.4 Å². The SMILES string of the molecule is CC/C=C\C/C=C\C/C=C\C/C=C\C/C=C\C/C=C\CCCCCCCCCCC(=O)OCC(COC(=O)CCCCCCC/C=C\CCC)OC(=O)CCCCCCC/C=C\CCCCCCCC. The summed E-state index contributed by atoms with van der Waals surface area (Å²) in [5, 5.41) is 0. The van der Waals surface area contributed by atoms with Gasteiger partial charge in [0.2, 0.25) is 0 Å². The lowest BCUT2D eigenvalue weighted by atomic mass is 10.1. The Kier molecular flexibility index (Phi) is 54.9. The predicted octanol–water partition coefficient (Wildman–Crippen LogP) is 19.7. The number of hydrogen-bond donors (Lipinski definition) is 0. The number of ether oxygens (including phenoxy) is 3. The highest BCUT2D eigenvalue weighted by Crippen LogP contribution is 2.15. The molecule has 1 atom stereocenters. The molecule has 0 aromatic rings. The molecule has 6 nitrogen and oxygen atoms in total. The van der Waals surface area contributed by atoms with Crippen molar-refractivity contribution in [1.29, 1.82) is 0 Å². The summed E-state index contributed by atoms with van der Waals surface area (Å²) in [5.41, 5.74) is 0. The summed E-state index contributed by atoms with van der Waals surface area (Å²) >= 11 is 0. The zero-order valence-electron chi connectivity index (χ0n) is 45.8. The maximum absolute atomic E-state index is 12.8. The molecule has 0 rings (SSSR count). The maximum Gasteiger partial charge on any atom is 0.306 e. The lowest BCUT2D eigenvalue weighted by molar-refractivity contribution is -0.167. The highest BCUT2D eigenvalue weighted by Gasteiger charge is 2.19. The first-order valence-electron chi connectivity index (χ1n) is 29.2. The summed E-state index contributed by atoms with van der Waals surface area (Å²) in [6, 6.07) is 0. The Morgan fingerprint density at radius 2 is 0.586 bits per heavy atom. The third kappa shape index (κ3) is 55.3. The molecule has 0 N–H and O–H groups in total. The van der Waals surface area contributed by atoms with Gasteiger partial charge < -0.3 is 14.2 Å². The van der Waals surface area contributed by atoms with E-state index in [2.05, 4.69) is 118 Å². The smallest absolute Gasteiger partial charge is 0.306 e. The molecule has 0 aromatic heterocycles. The van der Waals surface area contributed by atoms with Crippen LogP contribution in [-0.4, -0.2) is 37.2 Å². The third-order valence-corrected chi connectivity index (χ3v) is 12.3. The van der Waals surface area contributed by atoms with E-state index in [1.807, 2.05) is 0 Å². The molecule has 400 valence electrons. The number of allylic oxidation sites excluding steroid dienone is 16. The van der Waals surface area contributed by atoms with E-state index < -0.39 is 6.10 Å². The van der Waals surface area contributed by atoms with Gasteiger partial charge in [0.25, 0.3) is 0 Å². The number of carbonyl (C=O) groups excluding carboxylic acids is 3. The number of hydrogen-bond acceptors (Lipinski definition) is 6. The first-order chi connectivity index (χ1) is 34.5. The second kappa shape index (κ2) is 57.9. The number of rotatable bonds is 52. The van der Waals surface area contributed by atoms with Gasteiger partial charge in [-0.3, -0.25) is 14.4 Å². The van der Waals surface area contributed by atoms with Crippen LogP contribution in [0.3, 0.4) is 0 Å². The van der Waals surface area contributed by atoms with E-state index in [0.717, 1.165) is 128 Å². The largest absolute Gasteiger partial charge is 0.462 e. The third-order valence-electron chi connectivity index (χ3n) is 12.3. The van der Waals surface area contributed by atoms with Crippen molar-refractivity contribution in [2.24, 2.45) is 0 Å². The van der Waals surface area contributed by atoms with Crippen molar-refractivity contribution < 1.29 is 28.6 Å². The Morgan fingerprint density at radius 3 is 0.943 bits per heavy atom. The topological polar surface area (TPSA) is 78.9 Å². The van der Waals surface area contributed by atoms with Crippen molar-refractivity contribution in [2.45, 2.75) is 277 Å². The van der Waals surface area contributed by atoms with Crippen LogP contribution >= 0.6 is 0 Å². The number of carbonyl (C=O) groups is 3. The molecule has 0 radical (unpaired) electrons. The van der Waals surface area contributed by atoms with E-state index >= 15 is 0 Å². The highest BCUT2D eigenvalue weighted by atomic mass is 16.6. The lowest BCUT2D eigenvalue weighted by Gasteiger charge is -2.18. The second-order valence-corrected chi connectivity index (χ2v) is 19.2. The average Bonchev–Trinajstić information content (AvgIpc) is 3.36. The summed E-state index contributed by atoms with van der Waals surface area (Å²) in [6.45, 7) is 6.44. The van der Waals surface area contributed by atoms with Crippen molar-refractivity contribution in [2.75, 3.05) is 13.2 Å². The molecule has 0 fully saturated rings. The maximum atomic E-state index is 12.8. The van der Waals surface area contributed by atoms with E-state index in [4.69, 9.17) is 14.2 Å². The van der Waals surface area contributed by atoms with Crippen molar-refractivity contribution in [3.8, 4) is 0 Å². The molecular weight excluding hydrogens is 865 g/mol. The normalized spacial score (nSPS) is 12.8. The van der Waals surface area contributed by atoms with Crippen molar-refractivity contribution in [3.63, 3.8) is 0 Å². The van der Waals surface area contributed by atoms with Crippen LogP contribution in [0.5, 0.6) is 0 Å². The Bertz CT molecular complexity index is 1400. The molecule has 1 unspecified atom stereocenters. The van der Waals surface area contributed by atoms with Gasteiger partial charge in [0.15, 0.2) is 6.10 Å². The summed E-state index contributed by atoms with van der Waals surface area (Å²) in [5.74, 6) is -0.912. The Balaban J connectivity index is 4.28. The number of unbranched alkanes of at least 4 members (excludes halogenated alkanes) is 25. The van der Waals surface area contributed by atoms with E-state index in [-0.39, 0.29) is 31.1 Å². The average molecular weight is 974 g/mol. The lowest BCUT2D eigenvalue weighted by Crippen LogP contribution is -2.30. The Labute approximate surface area is 432 Å². The van der Waals surface area contributed by atoms with Gasteiger partial charge in [-0.15, -0.1) is 0 Å². The van der Waals surface area contributed by atoms with E-state index in [1.54, 1.807) is 0 Å². The molecule has 0 heterocycles. The van der Waals surface area contributed by atoms with Crippen LogP contribution in [0.1, 0.15) is 271 Å². The van der Waals surface area contributed by atoms with Crippen LogP contribution in [-0.2, 0) is 28.6 Å². The molecule has 0 aliphatic rings. The fourth-order valence-corrected chi connectivity index (χ4v) is 7.91. The quantitative estimate of drug-likeness (QED) is 0.0262. The van der Waals surface area contributed by atoms with Crippen molar-refractivity contribution in [1.82, 2.24) is 0 Å². The van der Waals surface area contributed by atoms with Crippen LogP contribution in [0.4, 0.5) is 0 Å². The molecule has 0 saturated carbocycles. The predicted molar refractivity (Wildman–Crippen MR) is 302 cm³/mol. The highest BCUT2D eigenvalue weighted by molar-refractivity contribution is 5.71. The molecule has 0 bridgehead atoms. The first-order valence-corrected chi connectivity index (χ1v) is 29.2. The van der Waals surface area contributed by atoms with Crippen LogP contribution in [0.25, 0.3) is 0 Å². The van der Waals surface area contributed by atoms with Gasteiger partial charge in [0.05, 0.1) is 0 Å². The zero-order valence-corrected chi connectivity index (χ0v) is 45.8. The summed E-state index contributed by atoms with van der Waals surface area (Å²) in [4.78, 5) is 38.1. The molecule has 0 aliphatic carbocycles. The minimum absolute atomic E-state index is 0.0876. The van der Waals surface area contributed by atoms with Crippen molar-refractivity contribution >= 4 is 17.9 Å². The van der Waals surface area contributed by atoms with E-state index in [1.165, 1.54) is 103 Å². The van der Waals surface area contributed by atoms with Gasteiger partial charge in [0.1, 0.15) is 13.2 Å². The second-order valence-electron chi connectivity index (χ2n) is 19.2. The molecule has 0 aliphatic heterocycles. The van der Waals surface area contributed by atoms with Crippen molar-refractivity contribution in [3.05, 3.63) is 97.2 Å². The molecule has 0 spiro atoms. The molecule has 0 aromatic carbocycles. The standard InChI is InChI=1S/C64H108O6/c1-4-7-10-13-16-19-22-24-26-27-28-29-30-31-32-33-34-35-36-37-39-40-42-45-48-51-54-57-63(66)69-60-61(59-68-62(65)56-53-50-47-44-21-18-15-12-9-6-3)70-64(67)58-55-52-49-46-43-41-38-25-23-20-17-14-11-8-5-2/h7,10,12,15-16,19,24-26,28-29,31-32,34-35,38,61H,4-6,8-9,11,13-14,17-18,20-23,27,30,33,36-37,39-60H2,1-3H3/b10-7-,15-12-,19-16-,26-24-,29-28-,32-31-,35-34-,38-25-. The molecular formula is C64H108O6. The van der Waals surface area contributed by atoms with E-state index in [0.29, 0.717) is 19.3 Å². The summed E-state index contributed by atoms with van der Waals surface area (Å²) < 4.78 is 16.8. The fraction of sp³-hybridized carbons (Fsp3) is 0.703. The summed E-state index contributed by atoms with van der Waals surface area (Å²) in [6.07, 6.45) is 76.9. The van der Waals surface area contributed by atoms with Gasteiger partial charge in [-0.05, 0) is 116 Å². The van der Waals surface area contributed by atoms with Gasteiger partial charge in [-0.25, -0.2) is 0 Å². The Morgan fingerprint density at radius 1 is 0.300 bits per heavy atom. The molecule has 6 heteroatoms.